The summed E-state index contributed by atoms with van der Waals surface area (Å²) in [5, 5.41) is 2.30. The average Bonchev–Trinajstić information content (AvgIpc) is 2.60. The summed E-state index contributed by atoms with van der Waals surface area (Å²) in [6.07, 6.45) is -0.194. The van der Waals surface area contributed by atoms with E-state index in [1.807, 2.05) is 20.8 Å². The smallest absolute Gasteiger partial charge is 0.410 e. The van der Waals surface area contributed by atoms with Crippen molar-refractivity contribution in [3.63, 3.8) is 0 Å². The normalized spacial score (nSPS) is 25.7. The number of hydrogen-bond acceptors (Lipinski definition) is 4. The Bertz CT molecular complexity index is 364. The van der Waals surface area contributed by atoms with E-state index in [4.69, 9.17) is 4.74 Å². The molecule has 0 saturated carbocycles. The molecule has 1 amide bonds. The fraction of sp³-hybridized carbons (Fsp3) is 0.933. The standard InChI is InChI=1S/C15H29N3O2/c1-14(2,3)11-7-16-18(8-11)12-9-17(10-12)13(19)20-15(4,5)6/h11-12,16H,7-10H2,1-6H3. The Balaban J connectivity index is 1.76. The average molecular weight is 283 g/mol. The molecule has 1 N–H and O–H groups in total. The molecular formula is C15H29N3O2. The Kier molecular flexibility index (Phi) is 4.04. The highest BCUT2D eigenvalue weighted by Crippen LogP contribution is 2.30. The number of nitrogens with zero attached hydrogens (tertiary/aromatic N) is 2. The van der Waals surface area contributed by atoms with E-state index >= 15 is 0 Å². The quantitative estimate of drug-likeness (QED) is 0.800. The van der Waals surface area contributed by atoms with Crippen LogP contribution in [0, 0.1) is 11.3 Å². The van der Waals surface area contributed by atoms with Crippen LogP contribution in [0.2, 0.25) is 0 Å². The van der Waals surface area contributed by atoms with Crippen molar-refractivity contribution in [1.29, 1.82) is 0 Å². The number of ether oxygens (including phenoxy) is 1. The number of likely N-dealkylation sites (tertiary alicyclic amines) is 1. The second-order valence-corrected chi connectivity index (χ2v) is 8.12. The lowest BCUT2D eigenvalue weighted by atomic mass is 9.81. The van der Waals surface area contributed by atoms with Gasteiger partial charge < -0.3 is 9.64 Å². The number of hydrazine groups is 1. The van der Waals surface area contributed by atoms with Gasteiger partial charge in [0.1, 0.15) is 5.60 Å². The highest BCUT2D eigenvalue weighted by molar-refractivity contribution is 5.69. The molecule has 0 aromatic rings. The van der Waals surface area contributed by atoms with Crippen LogP contribution in [0.5, 0.6) is 0 Å². The van der Waals surface area contributed by atoms with Gasteiger partial charge in [0.05, 0.1) is 6.04 Å². The predicted molar refractivity (Wildman–Crippen MR) is 79.2 cm³/mol. The molecule has 2 saturated heterocycles. The SMILES string of the molecule is CC(C)(C)OC(=O)N1CC(N2CC(C(C)(C)C)CN2)C1. The summed E-state index contributed by atoms with van der Waals surface area (Å²) in [6.45, 7) is 16.2. The van der Waals surface area contributed by atoms with Crippen molar-refractivity contribution in [2.45, 2.75) is 53.2 Å². The first kappa shape index (κ1) is 15.6. The molecule has 2 rings (SSSR count). The van der Waals surface area contributed by atoms with Gasteiger partial charge in [-0.3, -0.25) is 5.43 Å². The van der Waals surface area contributed by atoms with Gasteiger partial charge >= 0.3 is 6.09 Å². The third-order valence-electron chi connectivity index (χ3n) is 4.14. The summed E-state index contributed by atoms with van der Waals surface area (Å²) >= 11 is 0. The summed E-state index contributed by atoms with van der Waals surface area (Å²) < 4.78 is 5.38. The number of amides is 1. The van der Waals surface area contributed by atoms with Crippen LogP contribution in [0.4, 0.5) is 4.79 Å². The topological polar surface area (TPSA) is 44.8 Å². The number of carbonyl (C=O) groups is 1. The second kappa shape index (κ2) is 5.19. The molecule has 20 heavy (non-hydrogen) atoms. The highest BCUT2D eigenvalue weighted by Gasteiger charge is 2.41. The molecule has 5 nitrogen and oxygen atoms in total. The molecule has 1 atom stereocenters. The molecule has 2 aliphatic heterocycles. The summed E-state index contributed by atoms with van der Waals surface area (Å²) in [4.78, 5) is 13.7. The Labute approximate surface area is 122 Å². The number of carbonyl (C=O) groups excluding carboxylic acids is 1. The summed E-state index contributed by atoms with van der Waals surface area (Å²) in [6, 6.07) is 0.426. The van der Waals surface area contributed by atoms with E-state index in [1.54, 1.807) is 4.90 Å². The Hall–Kier alpha value is -0.810. The van der Waals surface area contributed by atoms with E-state index in [0.717, 1.165) is 26.2 Å². The van der Waals surface area contributed by atoms with Crippen LogP contribution in [0.25, 0.3) is 0 Å². The molecule has 2 heterocycles. The van der Waals surface area contributed by atoms with E-state index in [2.05, 4.69) is 31.2 Å². The van der Waals surface area contributed by atoms with E-state index in [1.165, 1.54) is 0 Å². The van der Waals surface area contributed by atoms with Gasteiger partial charge in [-0.05, 0) is 32.1 Å². The van der Waals surface area contributed by atoms with Crippen LogP contribution in [0.3, 0.4) is 0 Å². The van der Waals surface area contributed by atoms with Gasteiger partial charge in [0.2, 0.25) is 0 Å². The maximum Gasteiger partial charge on any atom is 0.410 e. The van der Waals surface area contributed by atoms with Crippen LogP contribution >= 0.6 is 0 Å². The molecule has 0 aromatic heterocycles. The Morgan fingerprint density at radius 2 is 1.70 bits per heavy atom. The zero-order valence-corrected chi connectivity index (χ0v) is 13.7. The molecule has 0 spiro atoms. The van der Waals surface area contributed by atoms with Crippen molar-refractivity contribution in [3.05, 3.63) is 0 Å². The van der Waals surface area contributed by atoms with Gasteiger partial charge in [0.25, 0.3) is 0 Å². The first-order valence-electron chi connectivity index (χ1n) is 7.54. The van der Waals surface area contributed by atoms with Crippen LogP contribution in [0.1, 0.15) is 41.5 Å². The zero-order valence-electron chi connectivity index (χ0n) is 13.7. The zero-order chi connectivity index (χ0) is 15.1. The first-order chi connectivity index (χ1) is 9.06. The summed E-state index contributed by atoms with van der Waals surface area (Å²) in [5.74, 6) is 0.665. The monoisotopic (exact) mass is 283 g/mol. The molecule has 0 aliphatic carbocycles. The first-order valence-corrected chi connectivity index (χ1v) is 7.54. The van der Waals surface area contributed by atoms with Crippen molar-refractivity contribution in [2.75, 3.05) is 26.2 Å². The summed E-state index contributed by atoms with van der Waals surface area (Å²) in [7, 11) is 0. The lowest BCUT2D eigenvalue weighted by Crippen LogP contribution is -2.63. The van der Waals surface area contributed by atoms with E-state index in [9.17, 15) is 4.79 Å². The molecule has 0 aromatic carbocycles. The van der Waals surface area contributed by atoms with Crippen molar-refractivity contribution >= 4 is 6.09 Å². The van der Waals surface area contributed by atoms with Crippen molar-refractivity contribution in [3.8, 4) is 0 Å². The fourth-order valence-corrected chi connectivity index (χ4v) is 2.58. The van der Waals surface area contributed by atoms with Gasteiger partial charge in [0.15, 0.2) is 0 Å². The number of hydrogen-bond donors (Lipinski definition) is 1. The minimum absolute atomic E-state index is 0.194. The third kappa shape index (κ3) is 3.64. The molecular weight excluding hydrogens is 254 g/mol. The van der Waals surface area contributed by atoms with E-state index in [-0.39, 0.29) is 6.09 Å². The fourth-order valence-electron chi connectivity index (χ4n) is 2.58. The van der Waals surface area contributed by atoms with Gasteiger partial charge in [-0.2, -0.15) is 0 Å². The van der Waals surface area contributed by atoms with Crippen LogP contribution < -0.4 is 5.43 Å². The maximum absolute atomic E-state index is 11.9. The van der Waals surface area contributed by atoms with Crippen molar-refractivity contribution in [1.82, 2.24) is 15.3 Å². The van der Waals surface area contributed by atoms with Gasteiger partial charge in [-0.15, -0.1) is 0 Å². The Morgan fingerprint density at radius 3 is 2.15 bits per heavy atom. The lowest BCUT2D eigenvalue weighted by Gasteiger charge is -2.44. The maximum atomic E-state index is 11.9. The second-order valence-electron chi connectivity index (χ2n) is 8.12. The Morgan fingerprint density at radius 1 is 1.10 bits per heavy atom. The highest BCUT2D eigenvalue weighted by atomic mass is 16.6. The molecule has 2 aliphatic rings. The molecule has 5 heteroatoms. The van der Waals surface area contributed by atoms with Crippen LogP contribution in [-0.4, -0.2) is 53.8 Å². The van der Waals surface area contributed by atoms with Crippen molar-refractivity contribution < 1.29 is 9.53 Å². The number of nitrogens with one attached hydrogen (secondary N) is 1. The minimum Gasteiger partial charge on any atom is -0.444 e. The van der Waals surface area contributed by atoms with Crippen LogP contribution in [0.15, 0.2) is 0 Å². The number of rotatable bonds is 1. The molecule has 0 bridgehead atoms. The third-order valence-corrected chi connectivity index (χ3v) is 4.14. The van der Waals surface area contributed by atoms with Gasteiger partial charge in [-0.1, -0.05) is 20.8 Å². The minimum atomic E-state index is -0.411. The van der Waals surface area contributed by atoms with Gasteiger partial charge in [-0.25, -0.2) is 9.80 Å². The lowest BCUT2D eigenvalue weighted by molar-refractivity contribution is -0.0208. The van der Waals surface area contributed by atoms with E-state index in [0.29, 0.717) is 17.4 Å². The molecule has 2 fully saturated rings. The largest absolute Gasteiger partial charge is 0.444 e. The van der Waals surface area contributed by atoms with E-state index < -0.39 is 5.60 Å². The van der Waals surface area contributed by atoms with Crippen molar-refractivity contribution in [2.24, 2.45) is 11.3 Å². The molecule has 0 radical (unpaired) electrons. The van der Waals surface area contributed by atoms with Gasteiger partial charge in [0, 0.05) is 26.2 Å². The molecule has 116 valence electrons. The molecule has 1 unspecified atom stereocenters. The summed E-state index contributed by atoms with van der Waals surface area (Å²) in [5.41, 5.74) is 3.40. The predicted octanol–water partition coefficient (Wildman–Crippen LogP) is 2.09. The van der Waals surface area contributed by atoms with Crippen LogP contribution in [-0.2, 0) is 4.74 Å².